The van der Waals surface area contributed by atoms with Gasteiger partial charge in [0.25, 0.3) is 5.91 Å². The van der Waals surface area contributed by atoms with Crippen LogP contribution in [0.5, 0.6) is 17.2 Å². The lowest BCUT2D eigenvalue weighted by atomic mass is 9.56. The minimum absolute atomic E-state index is 0.0601. The number of carbonyl (C=O) groups excluding carboxylic acids is 3. The van der Waals surface area contributed by atoms with Crippen LogP contribution in [0.3, 0.4) is 0 Å². The van der Waals surface area contributed by atoms with E-state index < -0.39 is 69.7 Å². The van der Waals surface area contributed by atoms with E-state index in [0.29, 0.717) is 28.2 Å². The molecule has 4 aliphatic rings. The Bertz CT molecular complexity index is 1590. The Balaban J connectivity index is 1.58. The van der Waals surface area contributed by atoms with E-state index >= 15 is 0 Å². The number of amides is 1. The average Bonchev–Trinajstić information content (AvgIpc) is 3.36. The number of hydrogen-bond donors (Lipinski definition) is 6. The van der Waals surface area contributed by atoms with Gasteiger partial charge < -0.3 is 40.7 Å². The normalized spacial score (nSPS) is 28.9. The van der Waals surface area contributed by atoms with E-state index in [0.717, 1.165) is 0 Å². The van der Waals surface area contributed by atoms with Crippen molar-refractivity contribution < 1.29 is 49.4 Å². The number of phenols is 1. The number of nitrogens with zero attached hydrogens (tertiary/aromatic N) is 1. The van der Waals surface area contributed by atoms with Gasteiger partial charge in [0.2, 0.25) is 12.6 Å². The molecule has 0 aromatic heterocycles. The van der Waals surface area contributed by atoms with Gasteiger partial charge in [-0.1, -0.05) is 12.1 Å². The quantitative estimate of drug-likeness (QED) is 0.288. The van der Waals surface area contributed by atoms with Crippen LogP contribution in [0.1, 0.15) is 11.1 Å². The van der Waals surface area contributed by atoms with E-state index in [1.807, 2.05) is 0 Å². The summed E-state index contributed by atoms with van der Waals surface area (Å²) in [7, 11) is 2.91. The van der Waals surface area contributed by atoms with Gasteiger partial charge in [-0.2, -0.15) is 0 Å². The molecular formula is C28H26N2O10. The van der Waals surface area contributed by atoms with Gasteiger partial charge in [-0.05, 0) is 55.4 Å². The molecule has 40 heavy (non-hydrogen) atoms. The van der Waals surface area contributed by atoms with Crippen molar-refractivity contribution in [2.24, 2.45) is 17.6 Å². The van der Waals surface area contributed by atoms with Gasteiger partial charge in [-0.3, -0.25) is 19.3 Å². The Morgan fingerprint density at radius 1 is 1.07 bits per heavy atom. The number of carbonyl (C=O) groups is 3. The smallest absolute Gasteiger partial charge is 0.255 e. The minimum Gasteiger partial charge on any atom is -0.508 e. The van der Waals surface area contributed by atoms with Gasteiger partial charge in [0.15, 0.2) is 22.9 Å². The predicted molar refractivity (Wildman–Crippen MR) is 137 cm³/mol. The van der Waals surface area contributed by atoms with Crippen molar-refractivity contribution in [1.82, 2.24) is 4.90 Å². The summed E-state index contributed by atoms with van der Waals surface area (Å²) >= 11 is 0. The van der Waals surface area contributed by atoms with Gasteiger partial charge in [0.05, 0.1) is 23.6 Å². The Morgan fingerprint density at radius 3 is 2.45 bits per heavy atom. The zero-order chi connectivity index (χ0) is 28.8. The Hall–Kier alpha value is -4.39. The Labute approximate surface area is 227 Å². The second-order valence-corrected chi connectivity index (χ2v) is 10.6. The molecule has 2 aromatic rings. The Kier molecular flexibility index (Phi) is 5.53. The van der Waals surface area contributed by atoms with Crippen LogP contribution in [-0.2, 0) is 20.8 Å². The molecular weight excluding hydrogens is 524 g/mol. The number of likely N-dealkylation sites (N-methyl/N-ethyl adjacent to an activating group) is 1. The fraction of sp³-hybridized carbons (Fsp3) is 0.321. The average molecular weight is 551 g/mol. The number of aliphatic hydroxyl groups excluding tert-OH is 3. The molecule has 1 aliphatic heterocycles. The predicted octanol–water partition coefficient (Wildman–Crippen LogP) is 0.331. The first-order valence-electron chi connectivity index (χ1n) is 12.5. The summed E-state index contributed by atoms with van der Waals surface area (Å²) in [5.41, 5.74) is 2.51. The lowest BCUT2D eigenvalue weighted by molar-refractivity contribution is -0.168. The standard InChI is InChI=1S/C28H26N2O10/c1-30(2)21-20-22(32)13-8-12-11(10-3-6-15-16(7-10)40-9-39-15)4-5-14(31)17(12)23(33)18(13)25(35)28(20,38)26(36)19(24(21)34)27(29)37/h3-7,13,20-22,31-33,36,38H,8-9H2,1-2H3,(H2,29,37)/t13-,20-,21+,22+,28+/m1/s1. The number of rotatable bonds is 3. The molecule has 0 unspecified atom stereocenters. The Morgan fingerprint density at radius 2 is 1.77 bits per heavy atom. The topological polar surface area (TPSA) is 200 Å². The molecule has 0 bridgehead atoms. The summed E-state index contributed by atoms with van der Waals surface area (Å²) in [6.45, 7) is 0.0601. The highest BCUT2D eigenvalue weighted by Gasteiger charge is 2.67. The molecule has 208 valence electrons. The van der Waals surface area contributed by atoms with Gasteiger partial charge in [-0.25, -0.2) is 0 Å². The number of ketones is 2. The van der Waals surface area contributed by atoms with Crippen molar-refractivity contribution >= 4 is 23.2 Å². The van der Waals surface area contributed by atoms with Crippen LogP contribution in [0.2, 0.25) is 0 Å². The van der Waals surface area contributed by atoms with E-state index in [-0.39, 0.29) is 24.5 Å². The maximum Gasteiger partial charge on any atom is 0.255 e. The van der Waals surface area contributed by atoms with Crippen LogP contribution >= 0.6 is 0 Å². The molecule has 1 fully saturated rings. The summed E-state index contributed by atoms with van der Waals surface area (Å²) in [5, 5.41) is 56.5. The maximum atomic E-state index is 14.0. The zero-order valence-corrected chi connectivity index (χ0v) is 21.4. The van der Waals surface area contributed by atoms with Crippen molar-refractivity contribution in [2.45, 2.75) is 24.2 Å². The highest BCUT2D eigenvalue weighted by molar-refractivity contribution is 6.24. The number of benzene rings is 2. The highest BCUT2D eigenvalue weighted by atomic mass is 16.7. The lowest BCUT2D eigenvalue weighted by Crippen LogP contribution is -2.70. The monoisotopic (exact) mass is 550 g/mol. The molecule has 3 aliphatic carbocycles. The molecule has 6 rings (SSSR count). The first-order valence-corrected chi connectivity index (χ1v) is 12.5. The van der Waals surface area contributed by atoms with Gasteiger partial charge >= 0.3 is 0 Å². The molecule has 12 nitrogen and oxygen atoms in total. The molecule has 1 saturated carbocycles. The largest absolute Gasteiger partial charge is 0.508 e. The zero-order valence-electron chi connectivity index (χ0n) is 21.4. The third kappa shape index (κ3) is 3.20. The summed E-state index contributed by atoms with van der Waals surface area (Å²) in [6, 6.07) is 6.74. The number of hydrogen-bond acceptors (Lipinski definition) is 11. The third-order valence-corrected chi connectivity index (χ3v) is 8.37. The highest BCUT2D eigenvalue weighted by Crippen LogP contribution is 2.54. The molecule has 0 radical (unpaired) electrons. The maximum absolute atomic E-state index is 14.0. The summed E-state index contributed by atoms with van der Waals surface area (Å²) in [4.78, 5) is 40.7. The number of nitrogens with two attached hydrogens (primary N) is 1. The fourth-order valence-corrected chi connectivity index (χ4v) is 6.59. The number of aliphatic hydroxyl groups is 4. The first-order chi connectivity index (χ1) is 18.9. The van der Waals surface area contributed by atoms with E-state index in [1.54, 1.807) is 24.3 Å². The molecule has 12 heteroatoms. The van der Waals surface area contributed by atoms with Crippen molar-refractivity contribution in [2.75, 3.05) is 20.9 Å². The van der Waals surface area contributed by atoms with E-state index in [4.69, 9.17) is 15.2 Å². The molecule has 7 N–H and O–H groups in total. The number of Topliss-reactive ketones (excluding diaryl/α,β-unsaturated/α-hetero) is 2. The molecule has 1 amide bonds. The molecule has 5 atom stereocenters. The summed E-state index contributed by atoms with van der Waals surface area (Å²) < 4.78 is 10.9. The van der Waals surface area contributed by atoms with Gasteiger partial charge in [0.1, 0.15) is 22.8 Å². The molecule has 2 aromatic carbocycles. The SMILES string of the molecule is CN(C)[C@@H]1C(=O)C(C(N)=O)=C(O)[C@@]2(O)C(=O)C3=C(O)c4c(O)ccc(-c5ccc6c(c5)OCO6)c4C[C@H]3[C@H](O)[C@@H]12. The molecule has 0 saturated heterocycles. The van der Waals surface area contributed by atoms with Crippen LogP contribution in [0.25, 0.3) is 16.9 Å². The van der Waals surface area contributed by atoms with Crippen molar-refractivity contribution in [3.05, 3.63) is 58.4 Å². The van der Waals surface area contributed by atoms with Crippen LogP contribution < -0.4 is 15.2 Å². The first kappa shape index (κ1) is 25.9. The molecule has 0 spiro atoms. The second kappa shape index (κ2) is 8.55. The second-order valence-electron chi connectivity index (χ2n) is 10.6. The van der Waals surface area contributed by atoms with Crippen LogP contribution in [0, 0.1) is 11.8 Å². The van der Waals surface area contributed by atoms with Gasteiger partial charge in [-0.15, -0.1) is 0 Å². The van der Waals surface area contributed by atoms with Gasteiger partial charge in [0, 0.05) is 11.5 Å². The number of phenolic OH excluding ortho intramolecular Hbond substituents is 1. The van der Waals surface area contributed by atoms with Crippen LogP contribution in [-0.4, -0.2) is 86.5 Å². The minimum atomic E-state index is -2.95. The van der Waals surface area contributed by atoms with E-state index in [9.17, 15) is 39.9 Å². The lowest BCUT2D eigenvalue weighted by Gasteiger charge is -2.52. The van der Waals surface area contributed by atoms with Crippen molar-refractivity contribution in [3.63, 3.8) is 0 Å². The number of primary amides is 1. The van der Waals surface area contributed by atoms with Crippen LogP contribution in [0.4, 0.5) is 0 Å². The summed E-state index contributed by atoms with van der Waals surface area (Å²) in [6.07, 6.45) is -1.73. The van der Waals surface area contributed by atoms with Crippen LogP contribution in [0.15, 0.2) is 47.2 Å². The van der Waals surface area contributed by atoms with Crippen molar-refractivity contribution in [3.8, 4) is 28.4 Å². The fourth-order valence-electron chi connectivity index (χ4n) is 6.59. The van der Waals surface area contributed by atoms with E-state index in [1.165, 1.54) is 25.1 Å². The molecule has 1 heterocycles. The number of aromatic hydroxyl groups is 1. The van der Waals surface area contributed by atoms with E-state index in [2.05, 4.69) is 0 Å². The number of fused-ring (bicyclic) bond motifs is 4. The van der Waals surface area contributed by atoms with Crippen molar-refractivity contribution in [1.29, 1.82) is 0 Å². The number of ether oxygens (including phenoxy) is 2. The summed E-state index contributed by atoms with van der Waals surface area (Å²) in [5.74, 6) is -7.56. The third-order valence-electron chi connectivity index (χ3n) is 8.37.